The number of nitrogen functional groups attached to an aromatic ring is 1. The highest BCUT2D eigenvalue weighted by atomic mass is 16.5. The van der Waals surface area contributed by atoms with Crippen molar-refractivity contribution in [3.63, 3.8) is 0 Å². The summed E-state index contributed by atoms with van der Waals surface area (Å²) in [6.07, 6.45) is 1.70. The van der Waals surface area contributed by atoms with Gasteiger partial charge in [-0.15, -0.1) is 0 Å². The fourth-order valence-electron chi connectivity index (χ4n) is 4.39. The number of amides is 1. The maximum absolute atomic E-state index is 12.9. The first kappa shape index (κ1) is 23.0. The van der Waals surface area contributed by atoms with Crippen molar-refractivity contribution in [2.45, 2.75) is 58.5 Å². The molecule has 9 nitrogen and oxygen atoms in total. The molecule has 0 fully saturated rings. The standard InChI is InChI=1S/C22H25N5O2.CH2O2/c1-11(2)27-10-16-13(21(27)28)8-14(20(25-16)29-5)17-12-6-7-22(3,4)18(12)26-19(24)15(17)9-23;2-1-3/h8,11H,6-7,10H2,1-5H3,(H2,24,26);1H,(H,2,3). The van der Waals surface area contributed by atoms with Crippen LogP contribution in [-0.4, -0.2) is 45.5 Å². The van der Waals surface area contributed by atoms with Crippen molar-refractivity contribution in [3.05, 3.63) is 34.1 Å². The highest BCUT2D eigenvalue weighted by Crippen LogP contribution is 2.46. The van der Waals surface area contributed by atoms with Crippen molar-refractivity contribution in [1.29, 1.82) is 5.26 Å². The molecule has 0 saturated carbocycles. The molecular weight excluding hydrogens is 410 g/mol. The highest BCUT2D eigenvalue weighted by molar-refractivity contribution is 6.00. The summed E-state index contributed by atoms with van der Waals surface area (Å²) in [5, 5.41) is 16.7. The maximum Gasteiger partial charge on any atom is 0.290 e. The second kappa shape index (κ2) is 8.46. The summed E-state index contributed by atoms with van der Waals surface area (Å²) in [7, 11) is 1.55. The molecule has 1 aliphatic carbocycles. The van der Waals surface area contributed by atoms with E-state index in [4.69, 9.17) is 20.4 Å². The van der Waals surface area contributed by atoms with Crippen molar-refractivity contribution in [1.82, 2.24) is 14.9 Å². The van der Waals surface area contributed by atoms with Gasteiger partial charge in [-0.3, -0.25) is 9.59 Å². The first-order chi connectivity index (χ1) is 15.1. The average Bonchev–Trinajstić information content (AvgIpc) is 3.22. The molecule has 2 aromatic heterocycles. The lowest BCUT2D eigenvalue weighted by atomic mass is 9.88. The van der Waals surface area contributed by atoms with Gasteiger partial charge in [0.05, 0.1) is 30.6 Å². The summed E-state index contributed by atoms with van der Waals surface area (Å²) in [4.78, 5) is 32.3. The number of anilines is 1. The van der Waals surface area contributed by atoms with Crippen LogP contribution in [0.5, 0.6) is 5.88 Å². The number of methoxy groups -OCH3 is 1. The fourth-order valence-corrected chi connectivity index (χ4v) is 4.39. The Balaban J connectivity index is 0.000000913. The summed E-state index contributed by atoms with van der Waals surface area (Å²) < 4.78 is 5.60. The van der Waals surface area contributed by atoms with Crippen LogP contribution < -0.4 is 10.5 Å². The number of ether oxygens (including phenoxy) is 1. The van der Waals surface area contributed by atoms with E-state index in [-0.39, 0.29) is 29.7 Å². The van der Waals surface area contributed by atoms with Crippen LogP contribution in [0, 0.1) is 11.3 Å². The zero-order valence-electron chi connectivity index (χ0n) is 18.9. The zero-order chi connectivity index (χ0) is 23.8. The van der Waals surface area contributed by atoms with Gasteiger partial charge in [-0.25, -0.2) is 9.97 Å². The molecule has 0 bridgehead atoms. The van der Waals surface area contributed by atoms with Crippen molar-refractivity contribution in [3.8, 4) is 23.1 Å². The molecular formula is C23H27N5O4. The Labute approximate surface area is 186 Å². The van der Waals surface area contributed by atoms with Crippen molar-refractivity contribution in [2.24, 2.45) is 0 Å². The number of carbonyl (C=O) groups excluding carboxylic acids is 1. The van der Waals surface area contributed by atoms with E-state index in [2.05, 4.69) is 29.9 Å². The first-order valence-corrected chi connectivity index (χ1v) is 10.3. The molecule has 4 rings (SSSR count). The van der Waals surface area contributed by atoms with Gasteiger partial charge in [-0.05, 0) is 38.3 Å². The van der Waals surface area contributed by atoms with Gasteiger partial charge in [0.1, 0.15) is 17.5 Å². The SMILES string of the molecule is COc1nc2c(cc1-c1c(C#N)c(N)nc3c1CCC3(C)C)C(=O)N(C(C)C)C2.O=CO. The third-order valence-electron chi connectivity index (χ3n) is 6.04. The Bertz CT molecular complexity index is 1130. The third kappa shape index (κ3) is 3.62. The van der Waals surface area contributed by atoms with Gasteiger partial charge in [0.25, 0.3) is 12.4 Å². The van der Waals surface area contributed by atoms with Crippen LogP contribution in [-0.2, 0) is 23.2 Å². The van der Waals surface area contributed by atoms with Gasteiger partial charge in [0.2, 0.25) is 5.88 Å². The third-order valence-corrected chi connectivity index (χ3v) is 6.04. The molecule has 3 N–H and O–H groups in total. The number of hydrogen-bond acceptors (Lipinski definition) is 7. The number of hydrogen-bond donors (Lipinski definition) is 2. The van der Waals surface area contributed by atoms with E-state index in [1.165, 1.54) is 0 Å². The molecule has 0 aromatic carbocycles. The van der Waals surface area contributed by atoms with Crippen LogP contribution in [0.1, 0.15) is 67.0 Å². The molecule has 0 unspecified atom stereocenters. The Morgan fingerprint density at radius 1 is 1.34 bits per heavy atom. The van der Waals surface area contributed by atoms with E-state index in [1.54, 1.807) is 12.0 Å². The summed E-state index contributed by atoms with van der Waals surface area (Å²) in [6.45, 7) is 8.42. The predicted octanol–water partition coefficient (Wildman–Crippen LogP) is 2.89. The monoisotopic (exact) mass is 437 g/mol. The van der Waals surface area contributed by atoms with Crippen LogP contribution >= 0.6 is 0 Å². The number of carbonyl (C=O) groups is 2. The van der Waals surface area contributed by atoms with Crippen molar-refractivity contribution in [2.75, 3.05) is 12.8 Å². The minimum atomic E-state index is -0.250. The number of carboxylic acid groups (broad SMARTS) is 1. The van der Waals surface area contributed by atoms with E-state index in [9.17, 15) is 10.1 Å². The Kier molecular flexibility index (Phi) is 6.08. The van der Waals surface area contributed by atoms with Crippen LogP contribution in [0.2, 0.25) is 0 Å². The van der Waals surface area contributed by atoms with E-state index >= 15 is 0 Å². The van der Waals surface area contributed by atoms with Crippen LogP contribution in [0.15, 0.2) is 6.07 Å². The van der Waals surface area contributed by atoms with E-state index in [1.807, 2.05) is 19.9 Å². The summed E-state index contributed by atoms with van der Waals surface area (Å²) in [6, 6.07) is 4.09. The normalized spacial score (nSPS) is 15.5. The van der Waals surface area contributed by atoms with Crippen LogP contribution in [0.25, 0.3) is 11.1 Å². The minimum Gasteiger partial charge on any atom is -0.483 e. The summed E-state index contributed by atoms with van der Waals surface area (Å²) >= 11 is 0. The number of nitrogens with two attached hydrogens (primary N) is 1. The molecule has 0 spiro atoms. The molecule has 1 aliphatic heterocycles. The second-order valence-electron chi connectivity index (χ2n) is 8.74. The molecule has 2 aromatic rings. The smallest absolute Gasteiger partial charge is 0.290 e. The van der Waals surface area contributed by atoms with Gasteiger partial charge in [-0.1, -0.05) is 13.8 Å². The van der Waals surface area contributed by atoms with Gasteiger partial charge in [-0.2, -0.15) is 5.26 Å². The van der Waals surface area contributed by atoms with Crippen molar-refractivity contribution >= 4 is 18.2 Å². The van der Waals surface area contributed by atoms with Crippen LogP contribution in [0.3, 0.4) is 0 Å². The Morgan fingerprint density at radius 2 is 2.00 bits per heavy atom. The number of nitrogens with zero attached hydrogens (tertiary/aromatic N) is 4. The fraction of sp³-hybridized carbons (Fsp3) is 0.435. The number of aromatic nitrogens is 2. The van der Waals surface area contributed by atoms with E-state index in [0.717, 1.165) is 24.1 Å². The summed E-state index contributed by atoms with van der Waals surface area (Å²) in [5.41, 5.74) is 10.8. The number of pyridine rings is 2. The second-order valence-corrected chi connectivity index (χ2v) is 8.74. The summed E-state index contributed by atoms with van der Waals surface area (Å²) in [5.74, 6) is 0.550. The molecule has 9 heteroatoms. The van der Waals surface area contributed by atoms with Gasteiger partial charge in [0, 0.05) is 22.6 Å². The van der Waals surface area contributed by atoms with Gasteiger partial charge in [0.15, 0.2) is 0 Å². The molecule has 32 heavy (non-hydrogen) atoms. The number of rotatable bonds is 3. The molecule has 1 amide bonds. The van der Waals surface area contributed by atoms with E-state index < -0.39 is 0 Å². The lowest BCUT2D eigenvalue weighted by Crippen LogP contribution is -2.30. The lowest BCUT2D eigenvalue weighted by Gasteiger charge is -2.20. The minimum absolute atomic E-state index is 0.0519. The Hall–Kier alpha value is -3.67. The highest BCUT2D eigenvalue weighted by Gasteiger charge is 2.38. The quantitative estimate of drug-likeness (QED) is 0.698. The maximum atomic E-state index is 12.9. The van der Waals surface area contributed by atoms with Gasteiger partial charge < -0.3 is 20.5 Å². The van der Waals surface area contributed by atoms with Crippen molar-refractivity contribution < 1.29 is 19.4 Å². The Morgan fingerprint density at radius 3 is 2.56 bits per heavy atom. The molecule has 2 aliphatic rings. The molecule has 0 radical (unpaired) electrons. The molecule has 3 heterocycles. The predicted molar refractivity (Wildman–Crippen MR) is 118 cm³/mol. The van der Waals surface area contributed by atoms with E-state index in [0.29, 0.717) is 40.4 Å². The molecule has 0 saturated heterocycles. The zero-order valence-corrected chi connectivity index (χ0v) is 18.9. The lowest BCUT2D eigenvalue weighted by molar-refractivity contribution is -0.122. The van der Waals surface area contributed by atoms with Gasteiger partial charge >= 0.3 is 0 Å². The first-order valence-electron chi connectivity index (χ1n) is 10.3. The average molecular weight is 438 g/mol. The van der Waals surface area contributed by atoms with Crippen LogP contribution in [0.4, 0.5) is 5.82 Å². The molecule has 0 atom stereocenters. The topological polar surface area (TPSA) is 142 Å². The number of fused-ring (bicyclic) bond motifs is 2. The largest absolute Gasteiger partial charge is 0.483 e. The molecule has 168 valence electrons. The number of nitriles is 1.